The van der Waals surface area contributed by atoms with Crippen LogP contribution < -0.4 is 5.73 Å². The third kappa shape index (κ3) is 4.16. The standard InChI is InChI=1S/C24H28N4O/c1-3-8-19(11-7-13-24(25)16-23(2,29)17-24)22-20(18-9-5-4-6-10-18)15-28-21(27-22)12-14-26-28/h4-12,14-15,29H,3,13,16-17,25H2,1-2H3. The highest BCUT2D eigenvalue weighted by Crippen LogP contribution is 2.41. The van der Waals surface area contributed by atoms with Gasteiger partial charge in [0, 0.05) is 23.4 Å². The molecule has 150 valence electrons. The zero-order valence-electron chi connectivity index (χ0n) is 17.0. The van der Waals surface area contributed by atoms with Gasteiger partial charge in [0.05, 0.1) is 17.5 Å². The van der Waals surface area contributed by atoms with E-state index >= 15 is 0 Å². The number of benzene rings is 1. The summed E-state index contributed by atoms with van der Waals surface area (Å²) in [6.45, 7) is 3.97. The lowest BCUT2D eigenvalue weighted by Gasteiger charge is -2.49. The molecule has 1 aliphatic rings. The van der Waals surface area contributed by atoms with Crippen LogP contribution >= 0.6 is 0 Å². The first kappa shape index (κ1) is 19.6. The molecule has 1 fully saturated rings. The predicted octanol–water partition coefficient (Wildman–Crippen LogP) is 4.38. The van der Waals surface area contributed by atoms with E-state index in [1.165, 1.54) is 0 Å². The van der Waals surface area contributed by atoms with Crippen molar-refractivity contribution in [2.24, 2.45) is 5.73 Å². The molecule has 2 aromatic heterocycles. The van der Waals surface area contributed by atoms with Gasteiger partial charge in [0.1, 0.15) is 0 Å². The molecule has 2 heterocycles. The summed E-state index contributed by atoms with van der Waals surface area (Å²) in [5.41, 5.74) is 10.4. The molecule has 0 atom stereocenters. The number of fused-ring (bicyclic) bond motifs is 1. The first-order valence-electron chi connectivity index (χ1n) is 10.2. The Labute approximate surface area is 171 Å². The van der Waals surface area contributed by atoms with Gasteiger partial charge >= 0.3 is 0 Å². The van der Waals surface area contributed by atoms with Crippen LogP contribution in [0.5, 0.6) is 0 Å². The van der Waals surface area contributed by atoms with Crippen LogP contribution in [0.1, 0.15) is 45.2 Å². The second-order valence-corrected chi connectivity index (χ2v) is 8.39. The van der Waals surface area contributed by atoms with Crippen molar-refractivity contribution in [1.82, 2.24) is 14.6 Å². The van der Waals surface area contributed by atoms with Crippen molar-refractivity contribution >= 4 is 11.2 Å². The van der Waals surface area contributed by atoms with Crippen LogP contribution in [0.3, 0.4) is 0 Å². The molecule has 0 unspecified atom stereocenters. The van der Waals surface area contributed by atoms with Gasteiger partial charge in [-0.25, -0.2) is 9.50 Å². The Morgan fingerprint density at radius 3 is 2.69 bits per heavy atom. The van der Waals surface area contributed by atoms with E-state index in [0.717, 1.165) is 40.9 Å². The number of allylic oxidation sites excluding steroid dienone is 3. The van der Waals surface area contributed by atoms with Crippen LogP contribution in [0.4, 0.5) is 0 Å². The highest BCUT2D eigenvalue weighted by molar-refractivity contribution is 5.84. The third-order valence-corrected chi connectivity index (χ3v) is 5.45. The van der Waals surface area contributed by atoms with Gasteiger partial charge in [-0.3, -0.25) is 0 Å². The van der Waals surface area contributed by atoms with Crippen LogP contribution in [0.2, 0.25) is 0 Å². The van der Waals surface area contributed by atoms with E-state index in [0.29, 0.717) is 12.8 Å². The number of hydrogen-bond acceptors (Lipinski definition) is 4. The highest BCUT2D eigenvalue weighted by Gasteiger charge is 2.47. The number of rotatable bonds is 6. The van der Waals surface area contributed by atoms with Gasteiger partial charge in [0.2, 0.25) is 0 Å². The third-order valence-electron chi connectivity index (χ3n) is 5.45. The molecule has 29 heavy (non-hydrogen) atoms. The Kier molecular flexibility index (Phi) is 5.11. The SMILES string of the molecule is CCC=C(C=CCC1(N)CC(C)(O)C1)c1nc2ccnn2cc1-c1ccccc1. The molecule has 1 aromatic carbocycles. The fourth-order valence-corrected chi connectivity index (χ4v) is 4.40. The van der Waals surface area contributed by atoms with Crippen molar-refractivity contribution in [2.75, 3.05) is 0 Å². The normalized spacial score (nSPS) is 24.9. The van der Waals surface area contributed by atoms with Crippen molar-refractivity contribution in [3.05, 3.63) is 72.7 Å². The fourth-order valence-electron chi connectivity index (χ4n) is 4.40. The molecule has 0 aliphatic heterocycles. The van der Waals surface area contributed by atoms with Crippen molar-refractivity contribution in [3.63, 3.8) is 0 Å². The monoisotopic (exact) mass is 388 g/mol. The number of aromatic nitrogens is 3. The second-order valence-electron chi connectivity index (χ2n) is 8.39. The Morgan fingerprint density at radius 2 is 2.00 bits per heavy atom. The first-order chi connectivity index (χ1) is 13.9. The molecule has 0 saturated heterocycles. The zero-order chi connectivity index (χ0) is 20.5. The maximum Gasteiger partial charge on any atom is 0.155 e. The molecule has 3 N–H and O–H groups in total. The molecular formula is C24H28N4O. The summed E-state index contributed by atoms with van der Waals surface area (Å²) in [5.74, 6) is 0. The number of aliphatic hydroxyl groups is 1. The van der Waals surface area contributed by atoms with Crippen molar-refractivity contribution in [2.45, 2.75) is 50.7 Å². The van der Waals surface area contributed by atoms with E-state index < -0.39 is 5.60 Å². The minimum Gasteiger partial charge on any atom is -0.390 e. The first-order valence-corrected chi connectivity index (χ1v) is 10.2. The van der Waals surface area contributed by atoms with Gasteiger partial charge < -0.3 is 10.8 Å². The second kappa shape index (κ2) is 7.58. The zero-order valence-corrected chi connectivity index (χ0v) is 17.0. The molecule has 0 spiro atoms. The minimum absolute atomic E-state index is 0.317. The summed E-state index contributed by atoms with van der Waals surface area (Å²) < 4.78 is 1.81. The van der Waals surface area contributed by atoms with Gasteiger partial charge in [0.25, 0.3) is 0 Å². The summed E-state index contributed by atoms with van der Waals surface area (Å²) in [4.78, 5) is 4.91. The fraction of sp³-hybridized carbons (Fsp3) is 0.333. The van der Waals surface area contributed by atoms with E-state index in [-0.39, 0.29) is 5.54 Å². The molecule has 0 bridgehead atoms. The Hall–Kier alpha value is -2.76. The smallest absolute Gasteiger partial charge is 0.155 e. The lowest BCUT2D eigenvalue weighted by Crippen LogP contribution is -2.60. The maximum atomic E-state index is 10.0. The highest BCUT2D eigenvalue weighted by atomic mass is 16.3. The van der Waals surface area contributed by atoms with E-state index in [1.54, 1.807) is 6.20 Å². The lowest BCUT2D eigenvalue weighted by atomic mass is 9.65. The molecule has 4 rings (SSSR count). The molecule has 0 radical (unpaired) electrons. The van der Waals surface area contributed by atoms with Gasteiger partial charge in [-0.15, -0.1) is 0 Å². The van der Waals surface area contributed by atoms with Crippen LogP contribution in [-0.4, -0.2) is 30.8 Å². The van der Waals surface area contributed by atoms with Gasteiger partial charge in [-0.1, -0.05) is 55.5 Å². The van der Waals surface area contributed by atoms with E-state index in [2.05, 4.69) is 42.4 Å². The topological polar surface area (TPSA) is 76.4 Å². The molecule has 3 aromatic rings. The van der Waals surface area contributed by atoms with Crippen molar-refractivity contribution in [1.29, 1.82) is 0 Å². The summed E-state index contributed by atoms with van der Waals surface area (Å²) in [7, 11) is 0. The summed E-state index contributed by atoms with van der Waals surface area (Å²) in [6.07, 6.45) is 13.1. The average molecular weight is 389 g/mol. The molecule has 5 nitrogen and oxygen atoms in total. The van der Waals surface area contributed by atoms with Crippen molar-refractivity contribution < 1.29 is 5.11 Å². The van der Waals surface area contributed by atoms with Crippen LogP contribution in [0.15, 0.2) is 67.0 Å². The van der Waals surface area contributed by atoms with Gasteiger partial charge in [-0.2, -0.15) is 5.10 Å². The maximum absolute atomic E-state index is 10.0. The van der Waals surface area contributed by atoms with E-state index in [4.69, 9.17) is 10.7 Å². The summed E-state index contributed by atoms with van der Waals surface area (Å²) >= 11 is 0. The van der Waals surface area contributed by atoms with Crippen molar-refractivity contribution in [3.8, 4) is 11.1 Å². The number of hydrogen-bond donors (Lipinski definition) is 2. The average Bonchev–Trinajstić information content (AvgIpc) is 3.13. The molecule has 1 aliphatic carbocycles. The molecule has 0 amide bonds. The predicted molar refractivity (Wildman–Crippen MR) is 117 cm³/mol. The van der Waals surface area contributed by atoms with Crippen LogP contribution in [0.25, 0.3) is 22.3 Å². The summed E-state index contributed by atoms with van der Waals surface area (Å²) in [5, 5.41) is 14.4. The number of nitrogens with two attached hydrogens (primary N) is 1. The Bertz CT molecular complexity index is 1050. The Balaban J connectivity index is 1.70. The summed E-state index contributed by atoms with van der Waals surface area (Å²) in [6, 6.07) is 12.2. The molecular weight excluding hydrogens is 360 g/mol. The van der Waals surface area contributed by atoms with E-state index in [9.17, 15) is 5.11 Å². The Morgan fingerprint density at radius 1 is 1.24 bits per heavy atom. The minimum atomic E-state index is -0.625. The van der Waals surface area contributed by atoms with Gasteiger partial charge in [0.15, 0.2) is 5.65 Å². The lowest BCUT2D eigenvalue weighted by molar-refractivity contribution is -0.0698. The number of nitrogens with zero attached hydrogens (tertiary/aromatic N) is 3. The van der Waals surface area contributed by atoms with Crippen LogP contribution in [0, 0.1) is 0 Å². The molecule has 1 saturated carbocycles. The van der Waals surface area contributed by atoms with Gasteiger partial charge in [-0.05, 0) is 43.7 Å². The quantitative estimate of drug-likeness (QED) is 0.615. The van der Waals surface area contributed by atoms with E-state index in [1.807, 2.05) is 41.9 Å². The van der Waals surface area contributed by atoms with Crippen LogP contribution in [-0.2, 0) is 0 Å². The molecule has 5 heteroatoms. The largest absolute Gasteiger partial charge is 0.390 e.